The van der Waals surface area contributed by atoms with Gasteiger partial charge in [-0.15, -0.1) is 11.6 Å². The zero-order chi connectivity index (χ0) is 13.0. The number of hydrogen-bond acceptors (Lipinski definition) is 1. The molecule has 17 heavy (non-hydrogen) atoms. The molecule has 1 unspecified atom stereocenters. The average Bonchev–Trinajstić information content (AvgIpc) is 2.32. The van der Waals surface area contributed by atoms with Gasteiger partial charge < -0.3 is 4.74 Å². The van der Waals surface area contributed by atoms with Gasteiger partial charge in [-0.05, 0) is 17.5 Å². The molecule has 0 radical (unpaired) electrons. The molecule has 0 fully saturated rings. The number of ether oxygens (including phenoxy) is 1. The maximum Gasteiger partial charge on any atom is 0.138 e. The van der Waals surface area contributed by atoms with Gasteiger partial charge in [-0.25, -0.2) is 0 Å². The highest BCUT2D eigenvalue weighted by Crippen LogP contribution is 2.41. The summed E-state index contributed by atoms with van der Waals surface area (Å²) >= 11 is 18.8. The van der Waals surface area contributed by atoms with Gasteiger partial charge in [0.1, 0.15) is 5.75 Å². The summed E-state index contributed by atoms with van der Waals surface area (Å²) in [7, 11) is 1.57. The predicted octanol–water partition coefficient (Wildman–Crippen LogP) is 5.72. The highest BCUT2D eigenvalue weighted by Gasteiger charge is 2.21. The lowest BCUT2D eigenvalue weighted by atomic mass is 9.94. The SMILES string of the molecule is CCC(CC)C(Cl)c1cc(Cl)c(OC)cc1Cl. The van der Waals surface area contributed by atoms with Crippen LogP contribution in [-0.2, 0) is 0 Å². The van der Waals surface area contributed by atoms with Crippen LogP contribution in [0.5, 0.6) is 5.75 Å². The van der Waals surface area contributed by atoms with Crippen LogP contribution >= 0.6 is 34.8 Å². The van der Waals surface area contributed by atoms with Gasteiger partial charge in [0.15, 0.2) is 0 Å². The van der Waals surface area contributed by atoms with E-state index in [4.69, 9.17) is 39.5 Å². The summed E-state index contributed by atoms with van der Waals surface area (Å²) in [5.74, 6) is 0.979. The van der Waals surface area contributed by atoms with Crippen molar-refractivity contribution < 1.29 is 4.74 Å². The predicted molar refractivity (Wildman–Crippen MR) is 75.7 cm³/mol. The smallest absolute Gasteiger partial charge is 0.138 e. The van der Waals surface area contributed by atoms with E-state index >= 15 is 0 Å². The van der Waals surface area contributed by atoms with Crippen LogP contribution in [-0.4, -0.2) is 7.11 Å². The van der Waals surface area contributed by atoms with Gasteiger partial charge in [0.2, 0.25) is 0 Å². The van der Waals surface area contributed by atoms with Crippen LogP contribution in [0.4, 0.5) is 0 Å². The molecule has 0 saturated heterocycles. The summed E-state index contributed by atoms with van der Waals surface area (Å²) in [5, 5.41) is 1.04. The highest BCUT2D eigenvalue weighted by molar-refractivity contribution is 6.35. The Labute approximate surface area is 118 Å². The minimum Gasteiger partial charge on any atom is -0.495 e. The summed E-state index contributed by atoms with van der Waals surface area (Å²) in [6, 6.07) is 3.52. The van der Waals surface area contributed by atoms with E-state index in [0.29, 0.717) is 21.7 Å². The lowest BCUT2D eigenvalue weighted by Gasteiger charge is -2.21. The Balaban J connectivity index is 3.09. The van der Waals surface area contributed by atoms with E-state index in [9.17, 15) is 0 Å². The van der Waals surface area contributed by atoms with Gasteiger partial charge in [-0.3, -0.25) is 0 Å². The van der Waals surface area contributed by atoms with Gasteiger partial charge in [-0.1, -0.05) is 49.9 Å². The molecule has 1 aromatic carbocycles. The van der Waals surface area contributed by atoms with E-state index < -0.39 is 0 Å². The van der Waals surface area contributed by atoms with Crippen molar-refractivity contribution >= 4 is 34.8 Å². The van der Waals surface area contributed by atoms with Crippen LogP contribution in [0.1, 0.15) is 37.6 Å². The summed E-state index contributed by atoms with van der Waals surface area (Å²) in [5.41, 5.74) is 0.882. The second-order valence-corrected chi connectivity index (χ2v) is 5.27. The first-order chi connectivity index (χ1) is 8.04. The molecule has 0 bridgehead atoms. The van der Waals surface area contributed by atoms with E-state index in [0.717, 1.165) is 18.4 Å². The Morgan fingerprint density at radius 1 is 1.12 bits per heavy atom. The molecule has 96 valence electrons. The van der Waals surface area contributed by atoms with Gasteiger partial charge >= 0.3 is 0 Å². The first-order valence-electron chi connectivity index (χ1n) is 5.72. The highest BCUT2D eigenvalue weighted by atomic mass is 35.5. The Kier molecular flexibility index (Phi) is 5.91. The van der Waals surface area contributed by atoms with Crippen molar-refractivity contribution in [1.82, 2.24) is 0 Å². The number of halogens is 3. The molecule has 1 atom stereocenters. The van der Waals surface area contributed by atoms with Gasteiger partial charge in [0, 0.05) is 11.1 Å². The fraction of sp³-hybridized carbons (Fsp3) is 0.538. The molecule has 0 saturated carbocycles. The number of alkyl halides is 1. The van der Waals surface area contributed by atoms with Crippen LogP contribution in [0.2, 0.25) is 10.0 Å². The van der Waals surface area contributed by atoms with Crippen molar-refractivity contribution in [3.8, 4) is 5.75 Å². The van der Waals surface area contributed by atoms with E-state index in [1.807, 2.05) is 0 Å². The molecule has 1 rings (SSSR count). The molecule has 1 aromatic rings. The Bertz CT molecular complexity index is 375. The van der Waals surface area contributed by atoms with E-state index in [1.54, 1.807) is 19.2 Å². The maximum absolute atomic E-state index is 6.46. The summed E-state index contributed by atoms with van der Waals surface area (Å²) in [6.45, 7) is 4.26. The molecule has 0 aliphatic rings. The van der Waals surface area contributed by atoms with Crippen molar-refractivity contribution in [2.45, 2.75) is 32.1 Å². The molecule has 1 nitrogen and oxygen atoms in total. The topological polar surface area (TPSA) is 9.23 Å². The van der Waals surface area contributed by atoms with Crippen LogP contribution in [0.3, 0.4) is 0 Å². The van der Waals surface area contributed by atoms with Crippen LogP contribution < -0.4 is 4.74 Å². The van der Waals surface area contributed by atoms with Crippen molar-refractivity contribution in [2.75, 3.05) is 7.11 Å². The largest absolute Gasteiger partial charge is 0.495 e. The van der Waals surface area contributed by atoms with Gasteiger partial charge in [0.05, 0.1) is 17.5 Å². The molecule has 0 N–H and O–H groups in total. The molecule has 0 heterocycles. The standard InChI is InChI=1S/C13H17Cl3O/c1-4-8(5-2)13(16)9-6-11(15)12(17-3)7-10(9)14/h6-8,13H,4-5H2,1-3H3. The summed E-state index contributed by atoms with van der Waals surface area (Å²) in [4.78, 5) is 0. The first kappa shape index (κ1) is 14.9. The minimum absolute atomic E-state index is 0.110. The zero-order valence-corrected chi connectivity index (χ0v) is 12.5. The molecule has 4 heteroatoms. The molecular formula is C13H17Cl3O. The average molecular weight is 296 g/mol. The van der Waals surface area contributed by atoms with Crippen LogP contribution in [0.25, 0.3) is 0 Å². The van der Waals surface area contributed by atoms with Crippen LogP contribution in [0, 0.1) is 5.92 Å². The lowest BCUT2D eigenvalue weighted by molar-refractivity contribution is 0.414. The van der Waals surface area contributed by atoms with Crippen molar-refractivity contribution in [3.05, 3.63) is 27.7 Å². The third-order valence-corrected chi connectivity index (χ3v) is 4.25. The fourth-order valence-corrected chi connectivity index (χ4v) is 2.98. The third-order valence-electron chi connectivity index (χ3n) is 3.03. The first-order valence-corrected chi connectivity index (χ1v) is 6.91. The Morgan fingerprint density at radius 3 is 2.18 bits per heavy atom. The molecule has 0 aliphatic carbocycles. The van der Waals surface area contributed by atoms with E-state index in [-0.39, 0.29) is 5.38 Å². The quantitative estimate of drug-likeness (QED) is 0.631. The zero-order valence-electron chi connectivity index (χ0n) is 10.3. The summed E-state index contributed by atoms with van der Waals surface area (Å²) < 4.78 is 5.11. The molecule has 0 amide bonds. The van der Waals surface area contributed by atoms with E-state index in [1.165, 1.54) is 0 Å². The summed E-state index contributed by atoms with van der Waals surface area (Å²) in [6.07, 6.45) is 2.04. The number of rotatable bonds is 5. The number of methoxy groups -OCH3 is 1. The molecule has 0 spiro atoms. The molecular weight excluding hydrogens is 279 g/mol. The second kappa shape index (κ2) is 6.72. The Hall–Kier alpha value is -0.110. The number of benzene rings is 1. The van der Waals surface area contributed by atoms with Gasteiger partial charge in [0.25, 0.3) is 0 Å². The molecule has 0 aromatic heterocycles. The van der Waals surface area contributed by atoms with Crippen molar-refractivity contribution in [3.63, 3.8) is 0 Å². The second-order valence-electron chi connectivity index (χ2n) is 3.99. The van der Waals surface area contributed by atoms with Crippen LogP contribution in [0.15, 0.2) is 12.1 Å². The van der Waals surface area contributed by atoms with Crippen molar-refractivity contribution in [1.29, 1.82) is 0 Å². The minimum atomic E-state index is -0.110. The Morgan fingerprint density at radius 2 is 1.71 bits per heavy atom. The number of hydrogen-bond donors (Lipinski definition) is 0. The van der Waals surface area contributed by atoms with Gasteiger partial charge in [-0.2, -0.15) is 0 Å². The normalized spacial score (nSPS) is 12.9. The lowest BCUT2D eigenvalue weighted by Crippen LogP contribution is -2.06. The fourth-order valence-electron chi connectivity index (χ4n) is 1.87. The van der Waals surface area contributed by atoms with Crippen molar-refractivity contribution in [2.24, 2.45) is 5.92 Å². The monoisotopic (exact) mass is 294 g/mol. The van der Waals surface area contributed by atoms with E-state index in [2.05, 4.69) is 13.8 Å². The third kappa shape index (κ3) is 3.43. The maximum atomic E-state index is 6.46. The molecule has 0 aliphatic heterocycles.